The number of nitrogens with one attached hydrogen (secondary N) is 3. The number of halogens is 2. The first-order chi connectivity index (χ1) is 17.5. The van der Waals surface area contributed by atoms with Crippen molar-refractivity contribution in [1.82, 2.24) is 25.8 Å². The van der Waals surface area contributed by atoms with Crippen LogP contribution in [0.3, 0.4) is 0 Å². The number of carbonyl (C=O) groups is 4. The van der Waals surface area contributed by atoms with Crippen LogP contribution < -0.4 is 21.7 Å². The molecule has 11 nitrogen and oxygen atoms in total. The van der Waals surface area contributed by atoms with Gasteiger partial charge in [-0.3, -0.25) is 14.4 Å². The summed E-state index contributed by atoms with van der Waals surface area (Å²) >= 11 is 1.34. The van der Waals surface area contributed by atoms with Crippen LogP contribution >= 0.6 is 11.8 Å². The zero-order valence-electron chi connectivity index (χ0n) is 20.9. The van der Waals surface area contributed by atoms with Crippen molar-refractivity contribution in [2.75, 3.05) is 26.7 Å². The molecule has 3 saturated heterocycles. The number of β-lactam (4-membered cyclic amide) rings is 1. The maximum atomic E-state index is 13.2. The molecule has 0 aromatic heterocycles. The number of amides is 3. The molecular weight excluding hydrogens is 510 g/mol. The molecule has 0 aromatic rings. The first kappa shape index (κ1) is 27.7. The van der Waals surface area contributed by atoms with Crippen molar-refractivity contribution in [2.45, 2.75) is 68.6 Å². The molecule has 3 amide bonds. The zero-order chi connectivity index (χ0) is 27.2. The highest BCUT2D eigenvalue weighted by Gasteiger charge is 2.60. The number of hydrogen-bond acceptors (Lipinski definition) is 8. The van der Waals surface area contributed by atoms with Gasteiger partial charge >= 0.3 is 12.4 Å². The molecule has 8 atom stereocenters. The SMILES string of the molecule is CNC[C@@H]1C[C@H](N)CN1C(=O)[C@@H]1C[C@H](SC2=C(C(=O)O)N3C(=O)[C@H]([C@@H](C)NC(=O)C(F)F)C3[C@H]2C)CN1. The maximum Gasteiger partial charge on any atom is 0.353 e. The van der Waals surface area contributed by atoms with Crippen LogP contribution in [0.15, 0.2) is 10.6 Å². The number of carbonyl (C=O) groups excluding carboxylic acids is 3. The highest BCUT2D eigenvalue weighted by atomic mass is 32.2. The molecule has 0 aromatic carbocycles. The van der Waals surface area contributed by atoms with Crippen LogP contribution in [0.25, 0.3) is 0 Å². The van der Waals surface area contributed by atoms with Crippen LogP contribution in [0.5, 0.6) is 0 Å². The van der Waals surface area contributed by atoms with Crippen LogP contribution in [0.4, 0.5) is 8.78 Å². The van der Waals surface area contributed by atoms with Gasteiger partial charge in [0.05, 0.1) is 18.0 Å². The molecule has 3 fully saturated rings. The number of hydrogen-bond donors (Lipinski definition) is 5. The topological polar surface area (TPSA) is 157 Å². The van der Waals surface area contributed by atoms with Crippen molar-refractivity contribution in [3.05, 3.63) is 10.6 Å². The lowest BCUT2D eigenvalue weighted by Gasteiger charge is -2.47. The van der Waals surface area contributed by atoms with Crippen LogP contribution in [0.2, 0.25) is 0 Å². The van der Waals surface area contributed by atoms with E-state index in [0.717, 1.165) is 6.42 Å². The molecule has 6 N–H and O–H groups in total. The minimum atomic E-state index is -3.20. The summed E-state index contributed by atoms with van der Waals surface area (Å²) < 4.78 is 25.4. The summed E-state index contributed by atoms with van der Waals surface area (Å²) in [5.41, 5.74) is 5.99. The highest BCUT2D eigenvalue weighted by Crippen LogP contribution is 2.51. The van der Waals surface area contributed by atoms with Crippen LogP contribution in [-0.2, 0) is 19.2 Å². The summed E-state index contributed by atoms with van der Waals surface area (Å²) in [5.74, 6) is -4.40. The number of carboxylic acids is 1. The first-order valence-electron chi connectivity index (χ1n) is 12.5. The fourth-order valence-electron chi connectivity index (χ4n) is 6.09. The Hall–Kier alpha value is -2.29. The molecule has 37 heavy (non-hydrogen) atoms. The van der Waals surface area contributed by atoms with E-state index in [2.05, 4.69) is 16.0 Å². The van der Waals surface area contributed by atoms with Crippen molar-refractivity contribution >= 4 is 35.5 Å². The second-order valence-electron chi connectivity index (χ2n) is 10.3. The third-order valence-electron chi connectivity index (χ3n) is 7.75. The molecule has 4 aliphatic rings. The van der Waals surface area contributed by atoms with Crippen molar-refractivity contribution in [3.8, 4) is 0 Å². The third kappa shape index (κ3) is 5.08. The van der Waals surface area contributed by atoms with Gasteiger partial charge in [0.2, 0.25) is 11.8 Å². The number of thioether (sulfide) groups is 1. The minimum absolute atomic E-state index is 0.0223. The predicted octanol–water partition coefficient (Wildman–Crippen LogP) is -0.860. The molecule has 206 valence electrons. The van der Waals surface area contributed by atoms with Gasteiger partial charge in [-0.15, -0.1) is 11.8 Å². The highest BCUT2D eigenvalue weighted by molar-refractivity contribution is 8.03. The van der Waals surface area contributed by atoms with E-state index >= 15 is 0 Å². The number of nitrogens with zero attached hydrogens (tertiary/aromatic N) is 2. The van der Waals surface area contributed by atoms with Crippen LogP contribution in [0, 0.1) is 11.8 Å². The Morgan fingerprint density at radius 2 is 2.00 bits per heavy atom. The van der Waals surface area contributed by atoms with E-state index in [9.17, 15) is 33.1 Å². The lowest BCUT2D eigenvalue weighted by atomic mass is 9.78. The number of fused-ring (bicyclic) bond motifs is 1. The molecule has 0 bridgehead atoms. The van der Waals surface area contributed by atoms with Gasteiger partial charge in [0.15, 0.2) is 0 Å². The van der Waals surface area contributed by atoms with Crippen molar-refractivity contribution in [3.63, 3.8) is 0 Å². The standard InChI is InChI=1S/C23H34F2N6O5S/c1-9-16-15(10(2)29-20(32)19(24)25)22(34)31(16)17(23(35)36)18(9)37-13-5-14(28-7-13)21(33)30-8-11(26)4-12(30)6-27-3/h9-16,19,27-28H,4-8,26H2,1-3H3,(H,29,32)(H,35,36)/t9-,10-,11+,12+,13+,14+,15-,16?/m1/s1. The Morgan fingerprint density at radius 3 is 2.62 bits per heavy atom. The van der Waals surface area contributed by atoms with Gasteiger partial charge in [-0.05, 0) is 26.8 Å². The number of alkyl halides is 2. The molecule has 4 heterocycles. The van der Waals surface area contributed by atoms with Gasteiger partial charge in [-0.1, -0.05) is 6.92 Å². The number of aliphatic carboxylic acids is 1. The Labute approximate surface area is 217 Å². The summed E-state index contributed by atoms with van der Waals surface area (Å²) in [6.45, 7) is 4.91. The van der Waals surface area contributed by atoms with Gasteiger partial charge in [-0.25, -0.2) is 4.79 Å². The lowest BCUT2D eigenvalue weighted by molar-refractivity contribution is -0.159. The molecular formula is C23H34F2N6O5S. The van der Waals surface area contributed by atoms with Gasteiger partial charge < -0.3 is 36.6 Å². The molecule has 14 heteroatoms. The summed E-state index contributed by atoms with van der Waals surface area (Å²) in [6, 6.07) is -1.88. The summed E-state index contributed by atoms with van der Waals surface area (Å²) in [4.78, 5) is 53.3. The fourth-order valence-corrected chi connectivity index (χ4v) is 7.57. The fraction of sp³-hybridized carbons (Fsp3) is 0.739. The van der Waals surface area contributed by atoms with Crippen LogP contribution in [-0.4, -0.2) is 107 Å². The van der Waals surface area contributed by atoms with E-state index in [-0.39, 0.29) is 34.9 Å². The maximum absolute atomic E-state index is 13.2. The van der Waals surface area contributed by atoms with Gasteiger partial charge in [0.1, 0.15) is 5.70 Å². The lowest BCUT2D eigenvalue weighted by Crippen LogP contribution is -2.66. The first-order valence-corrected chi connectivity index (χ1v) is 13.3. The predicted molar refractivity (Wildman–Crippen MR) is 131 cm³/mol. The molecule has 0 saturated carbocycles. The smallest absolute Gasteiger partial charge is 0.353 e. The van der Waals surface area contributed by atoms with Gasteiger partial charge in [0, 0.05) is 53.8 Å². The van der Waals surface area contributed by atoms with E-state index in [4.69, 9.17) is 5.73 Å². The third-order valence-corrected chi connectivity index (χ3v) is 9.26. The second kappa shape index (κ2) is 10.8. The van der Waals surface area contributed by atoms with E-state index in [1.165, 1.54) is 23.6 Å². The molecule has 0 spiro atoms. The zero-order valence-corrected chi connectivity index (χ0v) is 21.8. The van der Waals surface area contributed by atoms with Gasteiger partial charge in [-0.2, -0.15) is 8.78 Å². The van der Waals surface area contributed by atoms with E-state index in [0.29, 0.717) is 31.0 Å². The summed E-state index contributed by atoms with van der Waals surface area (Å²) in [6.07, 6.45) is -1.98. The molecule has 4 aliphatic heterocycles. The number of rotatable bonds is 9. The quantitative estimate of drug-likeness (QED) is 0.233. The van der Waals surface area contributed by atoms with E-state index in [1.54, 1.807) is 6.92 Å². The largest absolute Gasteiger partial charge is 0.477 e. The Kier molecular flexibility index (Phi) is 8.12. The average molecular weight is 545 g/mol. The molecule has 1 unspecified atom stereocenters. The van der Waals surface area contributed by atoms with E-state index in [1.807, 2.05) is 11.9 Å². The van der Waals surface area contributed by atoms with E-state index < -0.39 is 48.3 Å². The van der Waals surface area contributed by atoms with Crippen LogP contribution in [0.1, 0.15) is 26.7 Å². The Morgan fingerprint density at radius 1 is 1.30 bits per heavy atom. The Balaban J connectivity index is 1.44. The normalized spacial score (nSPS) is 34.1. The Bertz CT molecular complexity index is 999. The minimum Gasteiger partial charge on any atom is -0.477 e. The molecule has 0 radical (unpaired) electrons. The number of likely N-dealkylation sites (N-methyl/N-ethyl adjacent to an activating group) is 1. The van der Waals surface area contributed by atoms with Crippen molar-refractivity contribution in [1.29, 1.82) is 0 Å². The number of nitrogens with two attached hydrogens (primary N) is 1. The molecule has 0 aliphatic carbocycles. The molecule has 4 rings (SSSR count). The number of carboxylic acid groups (broad SMARTS) is 1. The average Bonchev–Trinajstić information content (AvgIpc) is 3.50. The van der Waals surface area contributed by atoms with Crippen molar-refractivity contribution < 1.29 is 33.1 Å². The second-order valence-corrected chi connectivity index (χ2v) is 11.6. The monoisotopic (exact) mass is 544 g/mol. The summed E-state index contributed by atoms with van der Waals surface area (Å²) in [5, 5.41) is 18.3. The number of likely N-dealkylation sites (tertiary alicyclic amines) is 1. The van der Waals surface area contributed by atoms with Gasteiger partial charge in [0.25, 0.3) is 5.91 Å². The van der Waals surface area contributed by atoms with Crippen molar-refractivity contribution in [2.24, 2.45) is 17.6 Å². The summed E-state index contributed by atoms with van der Waals surface area (Å²) in [7, 11) is 1.83.